The maximum Gasteiger partial charge on any atom is 0.222 e. The molecule has 1 amide bonds. The summed E-state index contributed by atoms with van der Waals surface area (Å²) < 4.78 is 0. The van der Waals surface area contributed by atoms with Crippen molar-refractivity contribution < 1.29 is 4.79 Å². The fraction of sp³-hybridized carbons (Fsp3) is 0.478. The zero-order valence-electron chi connectivity index (χ0n) is 16.7. The zero-order valence-corrected chi connectivity index (χ0v) is 17.4. The van der Waals surface area contributed by atoms with Crippen LogP contribution in [-0.4, -0.2) is 53.9 Å². The van der Waals surface area contributed by atoms with Crippen LogP contribution in [0, 0.1) is 5.92 Å². The van der Waals surface area contributed by atoms with Crippen LogP contribution in [0.25, 0.3) is 0 Å². The number of halogens is 1. The summed E-state index contributed by atoms with van der Waals surface area (Å²) in [5, 5.41) is 0.795. The van der Waals surface area contributed by atoms with E-state index in [0.29, 0.717) is 12.3 Å². The van der Waals surface area contributed by atoms with Crippen LogP contribution in [0.3, 0.4) is 0 Å². The Kier molecular flexibility index (Phi) is 7.87. The average molecular weight is 400 g/mol. The number of likely N-dealkylation sites (tertiary alicyclic amines) is 1. The Morgan fingerprint density at radius 3 is 2.57 bits per heavy atom. The van der Waals surface area contributed by atoms with E-state index >= 15 is 0 Å². The van der Waals surface area contributed by atoms with Crippen molar-refractivity contribution in [1.82, 2.24) is 14.8 Å². The smallest absolute Gasteiger partial charge is 0.222 e. The molecule has 150 valence electrons. The number of carbonyl (C=O) groups excluding carboxylic acids is 1. The number of nitrogens with zero attached hydrogens (tertiary/aromatic N) is 3. The molecule has 5 heteroatoms. The Bertz CT molecular complexity index is 727. The van der Waals surface area contributed by atoms with Crippen LogP contribution in [0.5, 0.6) is 0 Å². The maximum atomic E-state index is 12.4. The minimum atomic E-state index is 0.231. The van der Waals surface area contributed by atoms with E-state index in [1.54, 1.807) is 6.20 Å². The second-order valence-electron chi connectivity index (χ2n) is 7.80. The number of hydrogen-bond acceptors (Lipinski definition) is 3. The van der Waals surface area contributed by atoms with E-state index in [2.05, 4.69) is 22.0 Å². The van der Waals surface area contributed by atoms with Gasteiger partial charge in [0, 0.05) is 44.0 Å². The van der Waals surface area contributed by atoms with Crippen LogP contribution >= 0.6 is 11.6 Å². The molecule has 0 atom stereocenters. The first-order valence-corrected chi connectivity index (χ1v) is 10.6. The van der Waals surface area contributed by atoms with E-state index < -0.39 is 0 Å². The number of amides is 1. The van der Waals surface area contributed by atoms with E-state index in [1.165, 1.54) is 18.4 Å². The van der Waals surface area contributed by atoms with Gasteiger partial charge in [0.05, 0.1) is 0 Å². The molecular weight excluding hydrogens is 370 g/mol. The molecule has 3 rings (SSSR count). The van der Waals surface area contributed by atoms with Gasteiger partial charge in [-0.2, -0.15) is 0 Å². The normalized spacial score (nSPS) is 15.5. The second kappa shape index (κ2) is 10.6. The third-order valence-corrected chi connectivity index (χ3v) is 5.90. The molecule has 1 aromatic heterocycles. The van der Waals surface area contributed by atoms with E-state index in [0.717, 1.165) is 49.6 Å². The summed E-state index contributed by atoms with van der Waals surface area (Å²) in [7, 11) is 1.94. The van der Waals surface area contributed by atoms with E-state index in [4.69, 9.17) is 11.6 Å². The number of aryl methyl sites for hydroxylation is 1. The van der Waals surface area contributed by atoms with Gasteiger partial charge in [-0.1, -0.05) is 29.8 Å². The molecule has 0 N–H and O–H groups in total. The van der Waals surface area contributed by atoms with Crippen LogP contribution in [0.15, 0.2) is 48.8 Å². The van der Waals surface area contributed by atoms with Gasteiger partial charge in [0.15, 0.2) is 0 Å². The standard InChI is InChI=1S/C23H30ClN3O/c1-26(23(28)9-6-20-3-2-13-25-17-20)18-21-11-15-27(16-12-21)14-10-19-4-7-22(24)8-5-19/h2-5,7-8,13,17,21H,6,9-12,14-16,18H2,1H3. The maximum absolute atomic E-state index is 12.4. The Balaban J connectivity index is 1.34. The molecule has 4 nitrogen and oxygen atoms in total. The van der Waals surface area contributed by atoms with Gasteiger partial charge in [0.2, 0.25) is 5.91 Å². The molecule has 1 aliphatic rings. The molecule has 28 heavy (non-hydrogen) atoms. The first kappa shape index (κ1) is 20.8. The lowest BCUT2D eigenvalue weighted by Crippen LogP contribution is -2.40. The lowest BCUT2D eigenvalue weighted by atomic mass is 9.95. The topological polar surface area (TPSA) is 36.4 Å². The predicted molar refractivity (Wildman–Crippen MR) is 115 cm³/mol. The molecule has 2 heterocycles. The largest absolute Gasteiger partial charge is 0.345 e. The fourth-order valence-electron chi connectivity index (χ4n) is 3.81. The Hall–Kier alpha value is -1.91. The summed E-state index contributed by atoms with van der Waals surface area (Å²) in [4.78, 5) is 21.0. The molecule has 0 saturated carbocycles. The van der Waals surface area contributed by atoms with Gasteiger partial charge < -0.3 is 9.80 Å². The molecule has 1 fully saturated rings. The van der Waals surface area contributed by atoms with Crippen molar-refractivity contribution in [3.05, 3.63) is 64.9 Å². The Morgan fingerprint density at radius 2 is 1.89 bits per heavy atom. The number of rotatable bonds is 8. The van der Waals surface area contributed by atoms with Crippen LogP contribution < -0.4 is 0 Å². The summed E-state index contributed by atoms with van der Waals surface area (Å²) >= 11 is 5.95. The lowest BCUT2D eigenvalue weighted by molar-refractivity contribution is -0.130. The summed E-state index contributed by atoms with van der Waals surface area (Å²) in [5.41, 5.74) is 2.46. The van der Waals surface area contributed by atoms with Gasteiger partial charge in [-0.3, -0.25) is 9.78 Å². The fourth-order valence-corrected chi connectivity index (χ4v) is 3.93. The van der Waals surface area contributed by atoms with Crippen molar-refractivity contribution >= 4 is 17.5 Å². The van der Waals surface area contributed by atoms with Crippen molar-refractivity contribution in [2.45, 2.75) is 32.1 Å². The zero-order chi connectivity index (χ0) is 19.8. The quantitative estimate of drug-likeness (QED) is 0.671. The molecule has 0 unspecified atom stereocenters. The van der Waals surface area contributed by atoms with Crippen LogP contribution in [0.2, 0.25) is 5.02 Å². The van der Waals surface area contributed by atoms with Crippen molar-refractivity contribution in [3.8, 4) is 0 Å². The number of aromatic nitrogens is 1. The van der Waals surface area contributed by atoms with Gasteiger partial charge in [0.25, 0.3) is 0 Å². The molecular formula is C23H30ClN3O. The minimum absolute atomic E-state index is 0.231. The van der Waals surface area contributed by atoms with E-state index in [9.17, 15) is 4.79 Å². The monoisotopic (exact) mass is 399 g/mol. The molecule has 1 saturated heterocycles. The highest BCUT2D eigenvalue weighted by Gasteiger charge is 2.21. The van der Waals surface area contributed by atoms with Crippen LogP contribution in [0.1, 0.15) is 30.4 Å². The van der Waals surface area contributed by atoms with Crippen molar-refractivity contribution in [2.75, 3.05) is 33.2 Å². The SMILES string of the molecule is CN(CC1CCN(CCc2ccc(Cl)cc2)CC1)C(=O)CCc1cccnc1. The summed E-state index contributed by atoms with van der Waals surface area (Å²) in [6.45, 7) is 4.21. The van der Waals surface area contributed by atoms with Crippen molar-refractivity contribution in [1.29, 1.82) is 0 Å². The molecule has 0 bridgehead atoms. The average Bonchev–Trinajstić information content (AvgIpc) is 2.73. The molecule has 0 spiro atoms. The van der Waals surface area contributed by atoms with Gasteiger partial charge in [0.1, 0.15) is 0 Å². The third-order valence-electron chi connectivity index (χ3n) is 5.65. The van der Waals surface area contributed by atoms with Gasteiger partial charge in [-0.25, -0.2) is 0 Å². The summed E-state index contributed by atoms with van der Waals surface area (Å²) in [6, 6.07) is 12.1. The van der Waals surface area contributed by atoms with Gasteiger partial charge in [-0.15, -0.1) is 0 Å². The second-order valence-corrected chi connectivity index (χ2v) is 8.23. The molecule has 2 aromatic rings. The highest BCUT2D eigenvalue weighted by Crippen LogP contribution is 2.19. The van der Waals surface area contributed by atoms with Crippen molar-refractivity contribution in [3.63, 3.8) is 0 Å². The van der Waals surface area contributed by atoms with Crippen LogP contribution in [-0.2, 0) is 17.6 Å². The van der Waals surface area contributed by atoms with E-state index in [-0.39, 0.29) is 5.91 Å². The number of piperidine rings is 1. The third kappa shape index (κ3) is 6.61. The lowest BCUT2D eigenvalue weighted by Gasteiger charge is -2.34. The first-order chi connectivity index (χ1) is 13.6. The highest BCUT2D eigenvalue weighted by atomic mass is 35.5. The number of carbonyl (C=O) groups is 1. The number of benzene rings is 1. The number of pyridine rings is 1. The summed E-state index contributed by atoms with van der Waals surface area (Å²) in [5.74, 6) is 0.841. The first-order valence-electron chi connectivity index (χ1n) is 10.2. The minimum Gasteiger partial charge on any atom is -0.345 e. The molecule has 1 aliphatic heterocycles. The number of hydrogen-bond donors (Lipinski definition) is 0. The predicted octanol–water partition coefficient (Wildman–Crippen LogP) is 4.08. The molecule has 1 aromatic carbocycles. The molecule has 0 radical (unpaired) electrons. The highest BCUT2D eigenvalue weighted by molar-refractivity contribution is 6.30. The van der Waals surface area contributed by atoms with Gasteiger partial charge >= 0.3 is 0 Å². The van der Waals surface area contributed by atoms with Gasteiger partial charge in [-0.05, 0) is 74.0 Å². The Morgan fingerprint density at radius 1 is 1.14 bits per heavy atom. The van der Waals surface area contributed by atoms with Crippen molar-refractivity contribution in [2.24, 2.45) is 5.92 Å². The van der Waals surface area contributed by atoms with E-state index in [1.807, 2.05) is 42.4 Å². The Labute approximate surface area is 173 Å². The van der Waals surface area contributed by atoms with Crippen LogP contribution in [0.4, 0.5) is 0 Å². The molecule has 0 aliphatic carbocycles. The summed E-state index contributed by atoms with van der Waals surface area (Å²) in [6.07, 6.45) is 8.32.